The van der Waals surface area contributed by atoms with E-state index in [1.807, 2.05) is 18.2 Å². The van der Waals surface area contributed by atoms with Crippen molar-refractivity contribution in [1.82, 2.24) is 10.2 Å². The Morgan fingerprint density at radius 3 is 2.33 bits per heavy atom. The van der Waals surface area contributed by atoms with Gasteiger partial charge in [-0.3, -0.25) is 9.69 Å². The van der Waals surface area contributed by atoms with E-state index in [0.29, 0.717) is 29.6 Å². The summed E-state index contributed by atoms with van der Waals surface area (Å²) < 4.78 is 12.9. The molecule has 3 nitrogen and oxygen atoms in total. The molecule has 27 heavy (non-hydrogen) atoms. The van der Waals surface area contributed by atoms with Crippen molar-refractivity contribution in [2.45, 2.75) is 25.8 Å². The number of nitrogens with zero attached hydrogens (tertiary/aromatic N) is 1. The van der Waals surface area contributed by atoms with Crippen LogP contribution in [0.4, 0.5) is 4.39 Å². The number of benzene rings is 2. The first kappa shape index (κ1) is 20.1. The van der Waals surface area contributed by atoms with Gasteiger partial charge in [-0.05, 0) is 62.2 Å². The molecule has 1 aliphatic rings. The molecule has 1 fully saturated rings. The highest BCUT2D eigenvalue weighted by Gasteiger charge is 2.25. The van der Waals surface area contributed by atoms with Crippen LogP contribution in [0, 0.1) is 11.7 Å². The zero-order valence-corrected chi connectivity index (χ0v) is 16.6. The lowest BCUT2D eigenvalue weighted by molar-refractivity contribution is -0.126. The van der Waals surface area contributed by atoms with Gasteiger partial charge in [0, 0.05) is 34.6 Å². The molecule has 1 amide bonds. The predicted octanol–water partition coefficient (Wildman–Crippen LogP) is 4.70. The lowest BCUT2D eigenvalue weighted by atomic mass is 9.95. The summed E-state index contributed by atoms with van der Waals surface area (Å²) in [6.07, 6.45) is 2.35. The van der Waals surface area contributed by atoms with Crippen molar-refractivity contribution in [2.75, 3.05) is 19.6 Å². The minimum atomic E-state index is -0.243. The lowest BCUT2D eigenvalue weighted by Crippen LogP contribution is -2.40. The van der Waals surface area contributed by atoms with E-state index in [2.05, 4.69) is 10.2 Å². The summed E-state index contributed by atoms with van der Waals surface area (Å²) in [5, 5.41) is 4.37. The van der Waals surface area contributed by atoms with E-state index in [4.69, 9.17) is 23.2 Å². The van der Waals surface area contributed by atoms with Crippen molar-refractivity contribution in [3.05, 3.63) is 69.5 Å². The highest BCUT2D eigenvalue weighted by atomic mass is 35.5. The molecule has 1 saturated heterocycles. The second-order valence-corrected chi connectivity index (χ2v) is 7.73. The Bertz CT molecular complexity index is 754. The lowest BCUT2D eigenvalue weighted by Gasteiger charge is -2.31. The molecule has 1 heterocycles. The van der Waals surface area contributed by atoms with Crippen molar-refractivity contribution in [1.29, 1.82) is 0 Å². The van der Waals surface area contributed by atoms with Crippen LogP contribution in [-0.2, 0) is 17.8 Å². The van der Waals surface area contributed by atoms with Gasteiger partial charge in [0.15, 0.2) is 0 Å². The van der Waals surface area contributed by atoms with E-state index in [0.717, 1.165) is 37.1 Å². The van der Waals surface area contributed by atoms with Crippen LogP contribution in [-0.4, -0.2) is 30.4 Å². The van der Waals surface area contributed by atoms with E-state index in [1.165, 1.54) is 12.1 Å². The quantitative estimate of drug-likeness (QED) is 0.750. The highest BCUT2D eigenvalue weighted by molar-refractivity contribution is 6.35. The first-order valence-corrected chi connectivity index (χ1v) is 9.96. The number of carbonyl (C=O) groups is 1. The molecular formula is C21H23Cl2FN2O. The SMILES string of the molecule is O=C(NCCc1ccc(F)cc1)C1CCN(Cc2c(Cl)cccc2Cl)CC1. The molecule has 0 spiro atoms. The van der Waals surface area contributed by atoms with Gasteiger partial charge in [0.25, 0.3) is 0 Å². The first-order chi connectivity index (χ1) is 13.0. The highest BCUT2D eigenvalue weighted by Crippen LogP contribution is 2.27. The zero-order valence-electron chi connectivity index (χ0n) is 15.1. The van der Waals surface area contributed by atoms with Gasteiger partial charge in [0.2, 0.25) is 5.91 Å². The van der Waals surface area contributed by atoms with Gasteiger partial charge >= 0.3 is 0 Å². The molecule has 0 saturated carbocycles. The summed E-state index contributed by atoms with van der Waals surface area (Å²) in [5.74, 6) is -0.101. The fourth-order valence-corrected chi connectivity index (χ4v) is 3.90. The monoisotopic (exact) mass is 408 g/mol. The summed E-state index contributed by atoms with van der Waals surface area (Å²) in [4.78, 5) is 14.7. The Morgan fingerprint density at radius 2 is 1.70 bits per heavy atom. The third kappa shape index (κ3) is 5.68. The third-order valence-electron chi connectivity index (χ3n) is 5.03. The van der Waals surface area contributed by atoms with Gasteiger partial charge in [0.05, 0.1) is 0 Å². The van der Waals surface area contributed by atoms with Gasteiger partial charge in [0.1, 0.15) is 5.82 Å². The molecule has 3 rings (SSSR count). The summed E-state index contributed by atoms with van der Waals surface area (Å²) in [7, 11) is 0. The van der Waals surface area contributed by atoms with Crippen LogP contribution in [0.2, 0.25) is 10.0 Å². The van der Waals surface area contributed by atoms with Crippen LogP contribution >= 0.6 is 23.2 Å². The zero-order chi connectivity index (χ0) is 19.2. The summed E-state index contributed by atoms with van der Waals surface area (Å²) in [6.45, 7) is 2.96. The average Bonchev–Trinajstić information content (AvgIpc) is 2.67. The molecule has 0 aliphatic carbocycles. The number of rotatable bonds is 6. The molecule has 2 aromatic rings. The first-order valence-electron chi connectivity index (χ1n) is 9.20. The van der Waals surface area contributed by atoms with Crippen molar-refractivity contribution in [3.63, 3.8) is 0 Å². The van der Waals surface area contributed by atoms with Crippen LogP contribution in [0.15, 0.2) is 42.5 Å². The fourth-order valence-electron chi connectivity index (χ4n) is 3.39. The van der Waals surface area contributed by atoms with Crippen LogP contribution in [0.3, 0.4) is 0 Å². The number of halogens is 3. The van der Waals surface area contributed by atoms with E-state index in [1.54, 1.807) is 12.1 Å². The maximum atomic E-state index is 12.9. The number of likely N-dealkylation sites (tertiary alicyclic amines) is 1. The maximum Gasteiger partial charge on any atom is 0.223 e. The van der Waals surface area contributed by atoms with Gasteiger partial charge in [-0.25, -0.2) is 4.39 Å². The Labute approximate surface area is 169 Å². The normalized spacial score (nSPS) is 15.7. The minimum Gasteiger partial charge on any atom is -0.356 e. The van der Waals surface area contributed by atoms with E-state index in [-0.39, 0.29) is 17.6 Å². The summed E-state index contributed by atoms with van der Waals surface area (Å²) in [6, 6.07) is 11.9. The standard InChI is InChI=1S/C21H23Cl2FN2O/c22-19-2-1-3-20(23)18(19)14-26-12-9-16(10-13-26)21(27)25-11-8-15-4-6-17(24)7-5-15/h1-7,16H,8-14H2,(H,25,27). The van der Waals surface area contributed by atoms with Crippen LogP contribution in [0.25, 0.3) is 0 Å². The number of amides is 1. The minimum absolute atomic E-state index is 0.0381. The Balaban J connectivity index is 1.42. The van der Waals surface area contributed by atoms with Crippen LogP contribution in [0.1, 0.15) is 24.0 Å². The van der Waals surface area contributed by atoms with Crippen LogP contribution < -0.4 is 5.32 Å². The Morgan fingerprint density at radius 1 is 1.07 bits per heavy atom. The van der Waals surface area contributed by atoms with E-state index in [9.17, 15) is 9.18 Å². The fraction of sp³-hybridized carbons (Fsp3) is 0.381. The second-order valence-electron chi connectivity index (χ2n) is 6.92. The molecule has 0 bridgehead atoms. The molecule has 0 atom stereocenters. The van der Waals surface area contributed by atoms with Crippen molar-refractivity contribution >= 4 is 29.1 Å². The summed E-state index contributed by atoms with van der Waals surface area (Å²) in [5.41, 5.74) is 1.96. The second kappa shape index (κ2) is 9.54. The molecule has 144 valence electrons. The van der Waals surface area contributed by atoms with Crippen molar-refractivity contribution in [3.8, 4) is 0 Å². The van der Waals surface area contributed by atoms with Crippen LogP contribution in [0.5, 0.6) is 0 Å². The molecular weight excluding hydrogens is 386 g/mol. The molecule has 0 aromatic heterocycles. The topological polar surface area (TPSA) is 32.3 Å². The molecule has 0 unspecified atom stereocenters. The molecule has 1 aliphatic heterocycles. The predicted molar refractivity (Wildman–Crippen MR) is 108 cm³/mol. The average molecular weight is 409 g/mol. The van der Waals surface area contributed by atoms with Gasteiger partial charge in [-0.2, -0.15) is 0 Å². The maximum absolute atomic E-state index is 12.9. The molecule has 0 radical (unpaired) electrons. The summed E-state index contributed by atoms with van der Waals surface area (Å²) >= 11 is 12.5. The number of hydrogen-bond donors (Lipinski definition) is 1. The molecule has 6 heteroatoms. The van der Waals surface area contributed by atoms with Gasteiger partial charge < -0.3 is 5.32 Å². The molecule has 1 N–H and O–H groups in total. The van der Waals surface area contributed by atoms with Gasteiger partial charge in [-0.1, -0.05) is 41.4 Å². The van der Waals surface area contributed by atoms with Crippen molar-refractivity contribution in [2.24, 2.45) is 5.92 Å². The Hall–Kier alpha value is -1.62. The third-order valence-corrected chi connectivity index (χ3v) is 5.74. The number of hydrogen-bond acceptors (Lipinski definition) is 2. The number of piperidine rings is 1. The Kier molecular flexibility index (Phi) is 7.11. The van der Waals surface area contributed by atoms with E-state index >= 15 is 0 Å². The smallest absolute Gasteiger partial charge is 0.223 e. The largest absolute Gasteiger partial charge is 0.356 e. The van der Waals surface area contributed by atoms with E-state index < -0.39 is 0 Å². The van der Waals surface area contributed by atoms with Crippen molar-refractivity contribution < 1.29 is 9.18 Å². The van der Waals surface area contributed by atoms with Gasteiger partial charge in [-0.15, -0.1) is 0 Å². The number of carbonyl (C=O) groups excluding carboxylic acids is 1. The number of nitrogens with one attached hydrogen (secondary N) is 1. The molecule has 2 aromatic carbocycles.